The van der Waals surface area contributed by atoms with E-state index >= 15 is 0 Å². The van der Waals surface area contributed by atoms with E-state index in [0.29, 0.717) is 17.4 Å². The predicted octanol–water partition coefficient (Wildman–Crippen LogP) is 12.9. The van der Waals surface area contributed by atoms with E-state index in [1.165, 1.54) is 154 Å². The van der Waals surface area contributed by atoms with Gasteiger partial charge < -0.3 is 19.8 Å². The van der Waals surface area contributed by atoms with Gasteiger partial charge in [0.2, 0.25) is 5.91 Å². The Bertz CT molecular complexity index is 953. The van der Waals surface area contributed by atoms with E-state index < -0.39 is 20.0 Å². The van der Waals surface area contributed by atoms with Crippen molar-refractivity contribution < 1.29 is 32.9 Å². The number of phosphoric ester groups is 1. The third kappa shape index (κ3) is 41.0. The summed E-state index contributed by atoms with van der Waals surface area (Å²) < 4.78 is 23.6. The van der Waals surface area contributed by atoms with Crippen molar-refractivity contribution in [2.45, 2.75) is 225 Å². The first kappa shape index (κ1) is 54.0. The van der Waals surface area contributed by atoms with Gasteiger partial charge in [0.05, 0.1) is 39.9 Å². The summed E-state index contributed by atoms with van der Waals surface area (Å²) in [5.41, 5.74) is 0. The fraction of sp³-hybridized carbons (Fsp3) is 0.891. The average Bonchev–Trinajstić information content (AvgIpc) is 3.13. The Morgan fingerprint density at radius 1 is 0.600 bits per heavy atom. The molecule has 326 valence electrons. The highest BCUT2D eigenvalue weighted by Gasteiger charge is 2.27. The second-order valence-electron chi connectivity index (χ2n) is 17.1. The average molecular weight is 800 g/mol. The summed E-state index contributed by atoms with van der Waals surface area (Å²) in [5.74, 6) is -0.185. The molecule has 0 aromatic heterocycles. The Kier molecular flexibility index (Phi) is 37.8. The number of carbonyl (C=O) groups excluding carboxylic acids is 1. The largest absolute Gasteiger partial charge is 0.472 e. The highest BCUT2D eigenvalue weighted by atomic mass is 31.2. The first-order valence-corrected chi connectivity index (χ1v) is 24.7. The van der Waals surface area contributed by atoms with Crippen LogP contribution in [0.2, 0.25) is 0 Å². The van der Waals surface area contributed by atoms with Crippen LogP contribution in [0.3, 0.4) is 0 Å². The number of nitrogens with one attached hydrogen (secondary N) is 1. The van der Waals surface area contributed by atoms with E-state index in [1.807, 2.05) is 27.2 Å². The van der Waals surface area contributed by atoms with E-state index in [2.05, 4.69) is 31.3 Å². The Balaban J connectivity index is 4.43. The van der Waals surface area contributed by atoms with Gasteiger partial charge in [-0.1, -0.05) is 199 Å². The molecule has 0 radical (unpaired) electrons. The maximum atomic E-state index is 12.9. The van der Waals surface area contributed by atoms with Crippen molar-refractivity contribution >= 4 is 13.7 Å². The van der Waals surface area contributed by atoms with Crippen molar-refractivity contribution in [3.05, 3.63) is 24.3 Å². The molecule has 3 unspecified atom stereocenters. The van der Waals surface area contributed by atoms with Crippen LogP contribution in [0.1, 0.15) is 213 Å². The van der Waals surface area contributed by atoms with Crippen LogP contribution >= 0.6 is 7.82 Å². The smallest absolute Gasteiger partial charge is 0.387 e. The Hall–Kier alpha value is -1.02. The van der Waals surface area contributed by atoms with Crippen LogP contribution in [-0.4, -0.2) is 73.4 Å². The fourth-order valence-electron chi connectivity index (χ4n) is 6.70. The quantitative estimate of drug-likeness (QED) is 0.0246. The van der Waals surface area contributed by atoms with Gasteiger partial charge in [-0.3, -0.25) is 13.8 Å². The van der Waals surface area contributed by atoms with Crippen LogP contribution in [0.25, 0.3) is 0 Å². The maximum Gasteiger partial charge on any atom is 0.472 e. The molecule has 0 fully saturated rings. The van der Waals surface area contributed by atoms with Gasteiger partial charge in [-0.15, -0.1) is 0 Å². The molecule has 3 N–H and O–H groups in total. The lowest BCUT2D eigenvalue weighted by atomic mass is 10.0. The van der Waals surface area contributed by atoms with Crippen LogP contribution in [0, 0.1) is 0 Å². The minimum absolute atomic E-state index is 0.0583. The van der Waals surface area contributed by atoms with Gasteiger partial charge in [0.25, 0.3) is 0 Å². The van der Waals surface area contributed by atoms with Gasteiger partial charge in [-0.2, -0.15) is 0 Å². The van der Waals surface area contributed by atoms with Crippen molar-refractivity contribution in [1.82, 2.24) is 5.32 Å². The minimum atomic E-state index is -4.34. The zero-order valence-electron chi connectivity index (χ0n) is 36.9. The number of allylic oxidation sites excluding steroid dienone is 3. The lowest BCUT2D eigenvalue weighted by Crippen LogP contribution is -2.45. The second kappa shape index (κ2) is 38.5. The second-order valence-corrected chi connectivity index (χ2v) is 18.6. The molecule has 9 heteroatoms. The first-order chi connectivity index (χ1) is 26.5. The van der Waals surface area contributed by atoms with Crippen molar-refractivity contribution in [2.24, 2.45) is 0 Å². The number of hydrogen-bond acceptors (Lipinski definition) is 5. The molecular weight excluding hydrogens is 707 g/mol. The molecule has 55 heavy (non-hydrogen) atoms. The molecule has 0 saturated carbocycles. The number of likely N-dealkylation sites (N-methyl/N-ethyl adjacent to an activating group) is 1. The molecule has 0 saturated heterocycles. The number of nitrogens with zero attached hydrogens (tertiary/aromatic N) is 1. The third-order valence-corrected chi connectivity index (χ3v) is 11.4. The number of aliphatic hydroxyl groups excluding tert-OH is 1. The Morgan fingerprint density at radius 2 is 1.00 bits per heavy atom. The standard InChI is InChI=1S/C46H91N2O6P/c1-6-8-10-12-14-16-18-20-22-24-25-27-29-31-33-35-37-39-45(49)44(43-54-55(51,52)53-42-41-48(3,4)5)47-46(50)40-38-36-34-32-30-28-26-23-21-19-17-15-13-11-9-7-2/h29,31,37,39,44-45,49H,6-28,30,32-36,38,40-43H2,1-5H3,(H-,47,50,51,52)/p+1/b31-29+,39-37+. The van der Waals surface area contributed by atoms with E-state index in [-0.39, 0.29) is 19.1 Å². The van der Waals surface area contributed by atoms with Crippen LogP contribution in [0.5, 0.6) is 0 Å². The van der Waals surface area contributed by atoms with Gasteiger partial charge in [-0.05, 0) is 32.1 Å². The van der Waals surface area contributed by atoms with E-state index in [9.17, 15) is 19.4 Å². The summed E-state index contributed by atoms with van der Waals surface area (Å²) in [5, 5.41) is 13.8. The first-order valence-electron chi connectivity index (χ1n) is 23.2. The van der Waals surface area contributed by atoms with Gasteiger partial charge in [-0.25, -0.2) is 4.57 Å². The number of phosphoric acid groups is 1. The van der Waals surface area contributed by atoms with Crippen molar-refractivity contribution in [3.63, 3.8) is 0 Å². The summed E-state index contributed by atoms with van der Waals surface area (Å²) in [7, 11) is 1.56. The summed E-state index contributed by atoms with van der Waals surface area (Å²) in [6.07, 6.45) is 45.3. The molecule has 0 aliphatic rings. The summed E-state index contributed by atoms with van der Waals surface area (Å²) in [4.78, 5) is 23.1. The van der Waals surface area contributed by atoms with Gasteiger partial charge in [0.15, 0.2) is 0 Å². The molecule has 0 aliphatic carbocycles. The number of carbonyl (C=O) groups is 1. The molecule has 8 nitrogen and oxygen atoms in total. The van der Waals surface area contributed by atoms with Crippen molar-refractivity contribution in [3.8, 4) is 0 Å². The monoisotopic (exact) mass is 800 g/mol. The molecule has 0 spiro atoms. The molecule has 0 aromatic rings. The molecule has 3 atom stereocenters. The normalized spacial score (nSPS) is 14.5. The number of quaternary nitrogens is 1. The highest BCUT2D eigenvalue weighted by Crippen LogP contribution is 2.43. The number of amides is 1. The lowest BCUT2D eigenvalue weighted by molar-refractivity contribution is -0.870. The topological polar surface area (TPSA) is 105 Å². The summed E-state index contributed by atoms with van der Waals surface area (Å²) >= 11 is 0. The van der Waals surface area contributed by atoms with Crippen molar-refractivity contribution in [2.75, 3.05) is 40.9 Å². The van der Waals surface area contributed by atoms with Crippen LogP contribution < -0.4 is 5.32 Å². The lowest BCUT2D eigenvalue weighted by Gasteiger charge is -2.25. The maximum absolute atomic E-state index is 12.9. The summed E-state index contributed by atoms with van der Waals surface area (Å²) in [6, 6.07) is -0.858. The van der Waals surface area contributed by atoms with E-state index in [0.717, 1.165) is 38.5 Å². The summed E-state index contributed by atoms with van der Waals surface area (Å²) in [6.45, 7) is 4.81. The van der Waals surface area contributed by atoms with Crippen LogP contribution in [-0.2, 0) is 18.4 Å². The van der Waals surface area contributed by atoms with Gasteiger partial charge in [0, 0.05) is 6.42 Å². The Morgan fingerprint density at radius 3 is 1.45 bits per heavy atom. The van der Waals surface area contributed by atoms with E-state index in [4.69, 9.17) is 9.05 Å². The molecule has 0 aromatic carbocycles. The molecule has 0 rings (SSSR count). The fourth-order valence-corrected chi connectivity index (χ4v) is 7.44. The molecule has 0 aliphatic heterocycles. The zero-order chi connectivity index (χ0) is 40.7. The zero-order valence-corrected chi connectivity index (χ0v) is 37.8. The third-order valence-electron chi connectivity index (χ3n) is 10.4. The van der Waals surface area contributed by atoms with E-state index in [1.54, 1.807) is 6.08 Å². The number of unbranched alkanes of at least 4 members (excludes halogenated alkanes) is 27. The number of rotatable bonds is 42. The minimum Gasteiger partial charge on any atom is -0.387 e. The Labute approximate surface area is 341 Å². The number of hydrogen-bond donors (Lipinski definition) is 3. The van der Waals surface area contributed by atoms with Crippen LogP contribution in [0.4, 0.5) is 0 Å². The van der Waals surface area contributed by atoms with Crippen LogP contribution in [0.15, 0.2) is 24.3 Å². The van der Waals surface area contributed by atoms with Crippen molar-refractivity contribution in [1.29, 1.82) is 0 Å². The molecule has 0 bridgehead atoms. The molecule has 1 amide bonds. The number of aliphatic hydroxyl groups is 1. The molecule has 0 heterocycles. The predicted molar refractivity (Wildman–Crippen MR) is 235 cm³/mol. The highest BCUT2D eigenvalue weighted by molar-refractivity contribution is 7.47. The molecular formula is C46H92N2O6P+. The SMILES string of the molecule is CCCCCCCCCCCCC/C=C/CC/C=C/C(O)C(COP(=O)(O)OCC[N+](C)(C)C)NC(=O)CCCCCCCCCCCCCCCCCC. The van der Waals surface area contributed by atoms with Gasteiger partial charge in [0.1, 0.15) is 13.2 Å². The van der Waals surface area contributed by atoms with Gasteiger partial charge >= 0.3 is 7.82 Å².